The van der Waals surface area contributed by atoms with Gasteiger partial charge in [0.05, 0.1) is 0 Å². The van der Waals surface area contributed by atoms with Crippen molar-refractivity contribution in [1.29, 1.82) is 0 Å². The molecule has 4 nitrogen and oxygen atoms in total. The Morgan fingerprint density at radius 1 is 1.22 bits per heavy atom. The summed E-state index contributed by atoms with van der Waals surface area (Å²) in [5.41, 5.74) is 0. The summed E-state index contributed by atoms with van der Waals surface area (Å²) in [6, 6.07) is 0. The molecule has 0 aliphatic heterocycles. The average Bonchev–Trinajstić information content (AvgIpc) is 1.64. The second kappa shape index (κ2) is 5.02. The zero-order valence-corrected chi connectivity index (χ0v) is 4.29. The molecular weight excluding hydrogens is 152 g/mol. The van der Waals surface area contributed by atoms with Crippen molar-refractivity contribution in [3.05, 3.63) is 0 Å². The third-order valence-electron chi connectivity index (χ3n) is 0.741. The van der Waals surface area contributed by atoms with E-state index in [0.29, 0.717) is 0 Å². The first-order valence-electron chi connectivity index (χ1n) is 2.01. The topological polar surface area (TPSA) is 74.6 Å². The van der Waals surface area contributed by atoms with Crippen LogP contribution in [0.3, 0.4) is 0 Å². The quantitative estimate of drug-likeness (QED) is 0.396. The molecule has 50 valence electrons. The number of hydrogen-bond donors (Lipinski definition) is 2. The molecule has 9 heavy (non-hydrogen) atoms. The summed E-state index contributed by atoms with van der Waals surface area (Å²) in [6.07, 6.45) is 0. The number of aliphatic carboxylic acids is 2. The molecule has 5 heteroatoms. The summed E-state index contributed by atoms with van der Waals surface area (Å²) in [7, 11) is 0. The van der Waals surface area contributed by atoms with Crippen LogP contribution >= 0.6 is 0 Å². The van der Waals surface area contributed by atoms with Crippen molar-refractivity contribution in [3.8, 4) is 0 Å². The Labute approximate surface area is 81.9 Å². The molecule has 0 aromatic rings. The molecule has 0 aromatic heterocycles. The van der Waals surface area contributed by atoms with E-state index in [1.54, 1.807) is 0 Å². The van der Waals surface area contributed by atoms with Gasteiger partial charge in [0.1, 0.15) is 0 Å². The maximum atomic E-state index is 9.76. The van der Waals surface area contributed by atoms with Crippen LogP contribution in [0.4, 0.5) is 0 Å². The van der Waals surface area contributed by atoms with E-state index >= 15 is 0 Å². The van der Waals surface area contributed by atoms with E-state index in [2.05, 4.69) is 0 Å². The van der Waals surface area contributed by atoms with E-state index in [1.807, 2.05) is 0 Å². The molecule has 0 aliphatic carbocycles. The number of hydrogen-bond acceptors (Lipinski definition) is 2. The van der Waals surface area contributed by atoms with Gasteiger partial charge in [-0.2, -0.15) is 0 Å². The molecule has 0 spiro atoms. The van der Waals surface area contributed by atoms with Crippen molar-refractivity contribution in [1.82, 2.24) is 0 Å². The summed E-state index contributed by atoms with van der Waals surface area (Å²) in [4.78, 5) is 19.5. The van der Waals surface area contributed by atoms with Crippen molar-refractivity contribution < 1.29 is 19.8 Å². The summed E-state index contributed by atoms with van der Waals surface area (Å²) in [5.74, 6) is -3.91. The van der Waals surface area contributed by atoms with E-state index in [-0.39, 0.29) is 37.7 Å². The number of carboxylic acids is 2. The van der Waals surface area contributed by atoms with E-state index in [4.69, 9.17) is 10.2 Å². The van der Waals surface area contributed by atoms with Crippen LogP contribution < -0.4 is 0 Å². The van der Waals surface area contributed by atoms with Crippen LogP contribution in [0.1, 0.15) is 6.92 Å². The van der Waals surface area contributed by atoms with Gasteiger partial charge in [-0.05, 0) is 6.92 Å². The number of rotatable bonds is 2. The van der Waals surface area contributed by atoms with Gasteiger partial charge in [-0.15, -0.1) is 0 Å². The van der Waals surface area contributed by atoms with E-state index in [0.717, 1.165) is 6.92 Å². The molecule has 0 fully saturated rings. The van der Waals surface area contributed by atoms with Crippen LogP contribution in [0.15, 0.2) is 0 Å². The number of carboxylic acid groups (broad SMARTS) is 2. The Balaban J connectivity index is 0. The van der Waals surface area contributed by atoms with Crippen LogP contribution in [0.25, 0.3) is 0 Å². The first kappa shape index (κ1) is 11.9. The molecule has 0 atom stereocenters. The minimum absolute atomic E-state index is 0. The van der Waals surface area contributed by atoms with Crippen molar-refractivity contribution in [3.63, 3.8) is 0 Å². The van der Waals surface area contributed by atoms with Crippen molar-refractivity contribution in [2.24, 2.45) is 5.92 Å². The maximum absolute atomic E-state index is 9.76. The Morgan fingerprint density at radius 3 is 1.44 bits per heavy atom. The van der Waals surface area contributed by atoms with E-state index in [9.17, 15) is 9.59 Å². The standard InChI is InChI=1S/C4H6O4.Ca.2H/c1-2(3(5)6)4(7)8;;;/h2H,1H3,(H,5,6)(H,7,8);;;. The van der Waals surface area contributed by atoms with Gasteiger partial charge in [-0.3, -0.25) is 9.59 Å². The molecule has 0 rings (SSSR count). The average molecular weight is 160 g/mol. The first-order chi connectivity index (χ1) is 3.55. The number of carbonyl (C=O) groups is 2. The fourth-order valence-electron chi connectivity index (χ4n) is 0.106. The van der Waals surface area contributed by atoms with Crippen molar-refractivity contribution >= 4 is 49.7 Å². The zero-order valence-electron chi connectivity index (χ0n) is 4.29. The van der Waals surface area contributed by atoms with Crippen LogP contribution in [0.5, 0.6) is 0 Å². The van der Waals surface area contributed by atoms with E-state index in [1.165, 1.54) is 0 Å². The zero-order chi connectivity index (χ0) is 6.73. The van der Waals surface area contributed by atoms with Gasteiger partial charge in [0.15, 0.2) is 5.92 Å². The van der Waals surface area contributed by atoms with Gasteiger partial charge in [0.25, 0.3) is 0 Å². The molecule has 2 N–H and O–H groups in total. The predicted molar refractivity (Wildman–Crippen MR) is 33.0 cm³/mol. The Kier molecular flexibility index (Phi) is 6.66. The summed E-state index contributed by atoms with van der Waals surface area (Å²) >= 11 is 0. The predicted octanol–water partition coefficient (Wildman–Crippen LogP) is -1.12. The van der Waals surface area contributed by atoms with Gasteiger partial charge < -0.3 is 10.2 Å². The summed E-state index contributed by atoms with van der Waals surface area (Å²) < 4.78 is 0. The second-order valence-electron chi connectivity index (χ2n) is 1.40. The molecular formula is C4H8CaO4. The molecule has 0 radical (unpaired) electrons. The molecule has 0 unspecified atom stereocenters. The normalized spacial score (nSPS) is 8.22. The Hall–Kier alpha value is 0.200. The second-order valence-corrected chi connectivity index (χ2v) is 1.40. The van der Waals surface area contributed by atoms with Gasteiger partial charge in [-0.25, -0.2) is 0 Å². The van der Waals surface area contributed by atoms with Crippen LogP contribution in [0.2, 0.25) is 0 Å². The molecule has 0 amide bonds. The van der Waals surface area contributed by atoms with Gasteiger partial charge in [0.2, 0.25) is 0 Å². The van der Waals surface area contributed by atoms with E-state index < -0.39 is 17.9 Å². The molecule has 0 heterocycles. The van der Waals surface area contributed by atoms with Gasteiger partial charge in [-0.1, -0.05) is 0 Å². The van der Waals surface area contributed by atoms with Crippen LogP contribution in [-0.2, 0) is 9.59 Å². The molecule has 0 aromatic carbocycles. The minimum atomic E-state index is -1.31. The Morgan fingerprint density at radius 2 is 1.44 bits per heavy atom. The molecule has 0 aliphatic rings. The van der Waals surface area contributed by atoms with Gasteiger partial charge >= 0.3 is 49.7 Å². The monoisotopic (exact) mass is 160 g/mol. The third kappa shape index (κ3) is 4.69. The SMILES string of the molecule is CC(C(=O)O)C(=O)O.[CaH2]. The third-order valence-corrected chi connectivity index (χ3v) is 0.741. The van der Waals surface area contributed by atoms with Crippen molar-refractivity contribution in [2.75, 3.05) is 0 Å². The van der Waals surface area contributed by atoms with Gasteiger partial charge in [0, 0.05) is 0 Å². The molecule has 0 bridgehead atoms. The fraction of sp³-hybridized carbons (Fsp3) is 0.500. The molecule has 0 saturated heterocycles. The summed E-state index contributed by atoms with van der Waals surface area (Å²) in [6.45, 7) is 1.12. The van der Waals surface area contributed by atoms with Crippen LogP contribution in [0, 0.1) is 5.92 Å². The fourth-order valence-corrected chi connectivity index (χ4v) is 0.106. The van der Waals surface area contributed by atoms with Crippen molar-refractivity contribution in [2.45, 2.75) is 6.92 Å². The molecule has 0 saturated carbocycles. The summed E-state index contributed by atoms with van der Waals surface area (Å²) in [5, 5.41) is 15.9. The first-order valence-corrected chi connectivity index (χ1v) is 2.01. The Bertz CT molecular complexity index is 108. The van der Waals surface area contributed by atoms with Crippen LogP contribution in [-0.4, -0.2) is 59.9 Å².